The molecular weight excluding hydrogens is 196 g/mol. The number of thioether (sulfide) groups is 1. The van der Waals surface area contributed by atoms with Crippen LogP contribution in [0.2, 0.25) is 0 Å². The lowest BCUT2D eigenvalue weighted by Crippen LogP contribution is -2.46. The van der Waals surface area contributed by atoms with Gasteiger partial charge in [-0.2, -0.15) is 0 Å². The number of aliphatic imine (C=N–C) groups is 1. The molecule has 1 saturated heterocycles. The number of amidine groups is 1. The number of hydrogen-bond acceptors (Lipinski definition) is 5. The van der Waals surface area contributed by atoms with Gasteiger partial charge in [0.1, 0.15) is 0 Å². The van der Waals surface area contributed by atoms with Gasteiger partial charge >= 0.3 is 0 Å². The molecule has 0 saturated carbocycles. The molecule has 2 rings (SSSR count). The highest BCUT2D eigenvalue weighted by molar-refractivity contribution is 8.14. The van der Waals surface area contributed by atoms with Crippen molar-refractivity contribution in [3.63, 3.8) is 0 Å². The third kappa shape index (κ3) is 2.62. The van der Waals surface area contributed by atoms with Gasteiger partial charge in [0.2, 0.25) is 0 Å². The smallest absolute Gasteiger partial charge is 0.154 e. The Labute approximate surface area is 89.5 Å². The van der Waals surface area contributed by atoms with Crippen molar-refractivity contribution in [2.45, 2.75) is 6.04 Å². The first-order valence-electron chi connectivity index (χ1n) is 5.11. The summed E-state index contributed by atoms with van der Waals surface area (Å²) in [5, 5.41) is 0.768. The zero-order chi connectivity index (χ0) is 9.97. The minimum absolute atomic E-state index is 0.434. The molecule has 2 aliphatic rings. The molecule has 0 aromatic carbocycles. The Bertz CT molecular complexity index is 223. The van der Waals surface area contributed by atoms with Gasteiger partial charge in [0.15, 0.2) is 5.17 Å². The van der Waals surface area contributed by atoms with Crippen molar-refractivity contribution >= 4 is 16.9 Å². The van der Waals surface area contributed by atoms with Gasteiger partial charge in [0.05, 0.1) is 6.04 Å². The van der Waals surface area contributed by atoms with Gasteiger partial charge in [-0.1, -0.05) is 11.8 Å². The van der Waals surface area contributed by atoms with Crippen LogP contribution in [0.5, 0.6) is 0 Å². The summed E-state index contributed by atoms with van der Waals surface area (Å²) in [7, 11) is 2.18. The SMILES string of the molecule is CN1CCN(CC2CSC(N)=N2)CC1. The minimum Gasteiger partial charge on any atom is -0.379 e. The summed E-state index contributed by atoms with van der Waals surface area (Å²) in [6.07, 6.45) is 0. The molecule has 4 nitrogen and oxygen atoms in total. The van der Waals surface area contributed by atoms with Crippen molar-refractivity contribution < 1.29 is 0 Å². The molecule has 0 radical (unpaired) electrons. The number of piperazine rings is 1. The Morgan fingerprint density at radius 2 is 2.14 bits per heavy atom. The standard InChI is InChI=1S/C9H18N4S/c1-12-2-4-13(5-3-12)6-8-7-14-9(10)11-8/h8H,2-7H2,1H3,(H2,10,11). The van der Waals surface area contributed by atoms with E-state index in [1.165, 1.54) is 26.2 Å². The van der Waals surface area contributed by atoms with Gasteiger partial charge in [-0.25, -0.2) is 0 Å². The first-order chi connectivity index (χ1) is 6.74. The molecule has 0 spiro atoms. The number of rotatable bonds is 2. The molecule has 5 heteroatoms. The molecule has 1 unspecified atom stereocenters. The zero-order valence-electron chi connectivity index (χ0n) is 8.65. The van der Waals surface area contributed by atoms with E-state index in [-0.39, 0.29) is 0 Å². The summed E-state index contributed by atoms with van der Waals surface area (Å²) in [5.41, 5.74) is 5.64. The molecule has 2 N–H and O–H groups in total. The van der Waals surface area contributed by atoms with Crippen molar-refractivity contribution in [3.05, 3.63) is 0 Å². The molecule has 1 fully saturated rings. The summed E-state index contributed by atoms with van der Waals surface area (Å²) in [5.74, 6) is 1.07. The van der Waals surface area contributed by atoms with E-state index >= 15 is 0 Å². The first kappa shape index (κ1) is 10.3. The molecule has 2 heterocycles. The van der Waals surface area contributed by atoms with E-state index < -0.39 is 0 Å². The van der Waals surface area contributed by atoms with Crippen LogP contribution in [0.3, 0.4) is 0 Å². The Balaban J connectivity index is 1.75. The normalized spacial score (nSPS) is 30.6. The second-order valence-corrected chi connectivity index (χ2v) is 5.08. The lowest BCUT2D eigenvalue weighted by Gasteiger charge is -2.33. The number of nitrogens with zero attached hydrogens (tertiary/aromatic N) is 3. The van der Waals surface area contributed by atoms with E-state index in [0.717, 1.165) is 17.5 Å². The monoisotopic (exact) mass is 214 g/mol. The average molecular weight is 214 g/mol. The van der Waals surface area contributed by atoms with E-state index in [1.807, 2.05) is 0 Å². The van der Waals surface area contributed by atoms with Crippen molar-refractivity contribution in [3.8, 4) is 0 Å². The van der Waals surface area contributed by atoms with Crippen LogP contribution < -0.4 is 5.73 Å². The third-order valence-corrected chi connectivity index (χ3v) is 3.75. The summed E-state index contributed by atoms with van der Waals surface area (Å²) in [6.45, 7) is 5.79. The maximum absolute atomic E-state index is 5.64. The van der Waals surface area contributed by atoms with Crippen LogP contribution in [0.15, 0.2) is 4.99 Å². The Kier molecular flexibility index (Phi) is 3.30. The van der Waals surface area contributed by atoms with Crippen molar-refractivity contribution in [2.24, 2.45) is 10.7 Å². The molecule has 0 amide bonds. The second kappa shape index (κ2) is 4.51. The first-order valence-corrected chi connectivity index (χ1v) is 6.09. The highest BCUT2D eigenvalue weighted by Crippen LogP contribution is 2.16. The van der Waals surface area contributed by atoms with Crippen LogP contribution in [0, 0.1) is 0 Å². The van der Waals surface area contributed by atoms with E-state index in [9.17, 15) is 0 Å². The molecule has 0 aromatic heterocycles. The topological polar surface area (TPSA) is 44.9 Å². The van der Waals surface area contributed by atoms with Crippen molar-refractivity contribution in [1.82, 2.24) is 9.80 Å². The molecule has 14 heavy (non-hydrogen) atoms. The van der Waals surface area contributed by atoms with Crippen LogP contribution >= 0.6 is 11.8 Å². The molecule has 0 aliphatic carbocycles. The molecule has 2 aliphatic heterocycles. The van der Waals surface area contributed by atoms with Crippen molar-refractivity contribution in [2.75, 3.05) is 45.5 Å². The summed E-state index contributed by atoms with van der Waals surface area (Å²) < 4.78 is 0. The third-order valence-electron chi connectivity index (χ3n) is 2.80. The fourth-order valence-corrected chi connectivity index (χ4v) is 2.62. The lowest BCUT2D eigenvalue weighted by atomic mass is 10.2. The summed E-state index contributed by atoms with van der Waals surface area (Å²) in [6, 6.07) is 0.434. The molecule has 0 aromatic rings. The summed E-state index contributed by atoms with van der Waals surface area (Å²) >= 11 is 1.69. The van der Waals surface area contributed by atoms with Gasteiger partial charge in [0, 0.05) is 38.5 Å². The van der Waals surface area contributed by atoms with Crippen LogP contribution in [0.1, 0.15) is 0 Å². The molecule has 1 atom stereocenters. The Hall–Kier alpha value is -0.260. The van der Waals surface area contributed by atoms with Gasteiger partial charge in [-0.15, -0.1) is 0 Å². The second-order valence-electron chi connectivity index (χ2n) is 4.04. The Morgan fingerprint density at radius 1 is 1.43 bits per heavy atom. The highest BCUT2D eigenvalue weighted by Gasteiger charge is 2.21. The van der Waals surface area contributed by atoms with E-state index in [1.54, 1.807) is 11.8 Å². The maximum Gasteiger partial charge on any atom is 0.154 e. The molecular formula is C9H18N4S. The fraction of sp³-hybridized carbons (Fsp3) is 0.889. The van der Waals surface area contributed by atoms with Crippen LogP contribution in [0.25, 0.3) is 0 Å². The van der Waals surface area contributed by atoms with Crippen LogP contribution in [0.4, 0.5) is 0 Å². The van der Waals surface area contributed by atoms with E-state index in [2.05, 4.69) is 21.8 Å². The lowest BCUT2D eigenvalue weighted by molar-refractivity contribution is 0.150. The quantitative estimate of drug-likeness (QED) is 0.683. The molecule has 80 valence electrons. The minimum atomic E-state index is 0.434. The largest absolute Gasteiger partial charge is 0.379 e. The molecule has 0 bridgehead atoms. The van der Waals surface area contributed by atoms with E-state index in [0.29, 0.717) is 6.04 Å². The maximum atomic E-state index is 5.64. The number of hydrogen-bond donors (Lipinski definition) is 1. The van der Waals surface area contributed by atoms with Crippen LogP contribution in [-0.4, -0.2) is 66.5 Å². The van der Waals surface area contributed by atoms with E-state index in [4.69, 9.17) is 5.73 Å². The zero-order valence-corrected chi connectivity index (χ0v) is 9.46. The highest BCUT2D eigenvalue weighted by atomic mass is 32.2. The summed E-state index contributed by atoms with van der Waals surface area (Å²) in [4.78, 5) is 9.27. The van der Waals surface area contributed by atoms with Crippen molar-refractivity contribution in [1.29, 1.82) is 0 Å². The predicted molar refractivity (Wildman–Crippen MR) is 61.8 cm³/mol. The number of likely N-dealkylation sites (N-methyl/N-ethyl adjacent to an activating group) is 1. The average Bonchev–Trinajstić information content (AvgIpc) is 2.56. The fourth-order valence-electron chi connectivity index (χ4n) is 1.86. The number of nitrogens with two attached hydrogens (primary N) is 1. The van der Waals surface area contributed by atoms with Gasteiger partial charge < -0.3 is 10.6 Å². The predicted octanol–water partition coefficient (Wildman–Crippen LogP) is -0.336. The van der Waals surface area contributed by atoms with Crippen LogP contribution in [-0.2, 0) is 0 Å². The van der Waals surface area contributed by atoms with Gasteiger partial charge in [-0.3, -0.25) is 9.89 Å². The van der Waals surface area contributed by atoms with Gasteiger partial charge in [0.25, 0.3) is 0 Å². The Morgan fingerprint density at radius 3 is 2.71 bits per heavy atom. The van der Waals surface area contributed by atoms with Gasteiger partial charge in [-0.05, 0) is 7.05 Å².